The second-order valence-electron chi connectivity index (χ2n) is 7.62. The molecule has 178 valence electrons. The van der Waals surface area contributed by atoms with E-state index < -0.39 is 0 Å². The van der Waals surface area contributed by atoms with Crippen molar-refractivity contribution in [3.63, 3.8) is 0 Å². The number of amides is 1. The van der Waals surface area contributed by atoms with Gasteiger partial charge in [0.1, 0.15) is 18.2 Å². The minimum Gasteiger partial charge on any atom is -0.489 e. The van der Waals surface area contributed by atoms with Crippen LogP contribution in [-0.4, -0.2) is 35.6 Å². The van der Waals surface area contributed by atoms with Crippen molar-refractivity contribution in [2.45, 2.75) is 13.5 Å². The number of esters is 1. The Bertz CT molecular complexity index is 1290. The van der Waals surface area contributed by atoms with Crippen LogP contribution in [0.4, 0.5) is 10.1 Å². The minimum absolute atomic E-state index is 0.150. The number of hydrogen-bond acceptors (Lipinski definition) is 6. The molecule has 0 spiro atoms. The van der Waals surface area contributed by atoms with Gasteiger partial charge in [-0.15, -0.1) is 0 Å². The van der Waals surface area contributed by atoms with E-state index in [1.165, 1.54) is 28.8 Å². The first-order valence-electron chi connectivity index (χ1n) is 10.9. The summed E-state index contributed by atoms with van der Waals surface area (Å²) in [5.41, 5.74) is 2.66. The van der Waals surface area contributed by atoms with Crippen LogP contribution < -0.4 is 4.74 Å². The Kier molecular flexibility index (Phi) is 7.62. The molecule has 1 amide bonds. The third-order valence-corrected chi connectivity index (χ3v) is 6.14. The van der Waals surface area contributed by atoms with Crippen LogP contribution in [0.15, 0.2) is 82.7 Å². The summed E-state index contributed by atoms with van der Waals surface area (Å²) in [4.78, 5) is 31.1. The first-order chi connectivity index (χ1) is 16.9. The van der Waals surface area contributed by atoms with Crippen LogP contribution in [0.3, 0.4) is 0 Å². The molecule has 0 aliphatic carbocycles. The molecule has 0 saturated carbocycles. The SMILES string of the molecule is CCOC(=O)c1ccc(N=C2S/C(=C\c3ccc(OCc4cccc(F)c4)cc3)C(=O)N2C)cc1. The van der Waals surface area contributed by atoms with Crippen LogP contribution in [-0.2, 0) is 16.1 Å². The maximum Gasteiger partial charge on any atom is 0.338 e. The van der Waals surface area contributed by atoms with E-state index in [1.807, 2.05) is 12.1 Å². The number of nitrogens with zero attached hydrogens (tertiary/aromatic N) is 2. The number of thioether (sulfide) groups is 1. The van der Waals surface area contributed by atoms with Gasteiger partial charge in [-0.1, -0.05) is 24.3 Å². The Morgan fingerprint density at radius 2 is 1.83 bits per heavy atom. The van der Waals surface area contributed by atoms with Crippen molar-refractivity contribution < 1.29 is 23.5 Å². The van der Waals surface area contributed by atoms with E-state index in [-0.39, 0.29) is 24.3 Å². The van der Waals surface area contributed by atoms with Crippen molar-refractivity contribution in [2.24, 2.45) is 4.99 Å². The van der Waals surface area contributed by atoms with Crippen molar-refractivity contribution >= 4 is 40.6 Å². The molecule has 35 heavy (non-hydrogen) atoms. The summed E-state index contributed by atoms with van der Waals surface area (Å²) >= 11 is 1.28. The first kappa shape index (κ1) is 24.2. The smallest absolute Gasteiger partial charge is 0.338 e. The third-order valence-electron chi connectivity index (χ3n) is 5.08. The number of benzene rings is 3. The van der Waals surface area contributed by atoms with Gasteiger partial charge in [0.2, 0.25) is 0 Å². The summed E-state index contributed by atoms with van der Waals surface area (Å²) in [7, 11) is 1.67. The van der Waals surface area contributed by atoms with Crippen molar-refractivity contribution in [2.75, 3.05) is 13.7 Å². The largest absolute Gasteiger partial charge is 0.489 e. The van der Waals surface area contributed by atoms with Gasteiger partial charge >= 0.3 is 5.97 Å². The van der Waals surface area contributed by atoms with Gasteiger partial charge in [0, 0.05) is 7.05 Å². The van der Waals surface area contributed by atoms with Crippen molar-refractivity contribution in [1.82, 2.24) is 4.90 Å². The summed E-state index contributed by atoms with van der Waals surface area (Å²) in [6, 6.07) is 20.3. The average molecular weight is 491 g/mol. The third kappa shape index (κ3) is 6.16. The molecule has 1 aliphatic heterocycles. The highest BCUT2D eigenvalue weighted by Gasteiger charge is 2.30. The lowest BCUT2D eigenvalue weighted by Crippen LogP contribution is -2.23. The molecule has 0 atom stereocenters. The van der Waals surface area contributed by atoms with Gasteiger partial charge in [0.25, 0.3) is 5.91 Å². The zero-order valence-corrected chi connectivity index (χ0v) is 20.0. The lowest BCUT2D eigenvalue weighted by Gasteiger charge is -2.07. The fourth-order valence-electron chi connectivity index (χ4n) is 3.25. The fourth-order valence-corrected chi connectivity index (χ4v) is 4.24. The molecule has 0 bridgehead atoms. The molecule has 1 aliphatic rings. The maximum absolute atomic E-state index is 13.3. The number of likely N-dealkylation sites (N-methyl/N-ethyl adjacent to an activating group) is 1. The number of ether oxygens (including phenoxy) is 2. The summed E-state index contributed by atoms with van der Waals surface area (Å²) in [5.74, 6) is -0.186. The van der Waals surface area contributed by atoms with E-state index in [9.17, 15) is 14.0 Å². The molecule has 0 aromatic heterocycles. The highest BCUT2D eigenvalue weighted by molar-refractivity contribution is 8.18. The monoisotopic (exact) mass is 490 g/mol. The molecular weight excluding hydrogens is 467 g/mol. The van der Waals surface area contributed by atoms with E-state index >= 15 is 0 Å². The Morgan fingerprint density at radius 3 is 2.51 bits per heavy atom. The topological polar surface area (TPSA) is 68.2 Å². The van der Waals surface area contributed by atoms with Gasteiger partial charge in [0.15, 0.2) is 5.17 Å². The van der Waals surface area contributed by atoms with Crippen molar-refractivity contribution in [3.05, 3.63) is 100 Å². The molecular formula is C27H23FN2O4S. The van der Waals surface area contributed by atoms with Crippen molar-refractivity contribution in [1.29, 1.82) is 0 Å². The number of aliphatic imine (C=N–C) groups is 1. The highest BCUT2D eigenvalue weighted by atomic mass is 32.2. The summed E-state index contributed by atoms with van der Waals surface area (Å²) < 4.78 is 24.0. The average Bonchev–Trinajstić information content (AvgIpc) is 3.12. The van der Waals surface area contributed by atoms with E-state index in [0.717, 1.165) is 11.1 Å². The lowest BCUT2D eigenvalue weighted by atomic mass is 10.2. The van der Waals surface area contributed by atoms with Gasteiger partial charge in [-0.2, -0.15) is 0 Å². The summed E-state index contributed by atoms with van der Waals surface area (Å²) in [6.07, 6.45) is 1.80. The van der Waals surface area contributed by atoms with Crippen LogP contribution in [0.1, 0.15) is 28.4 Å². The zero-order valence-electron chi connectivity index (χ0n) is 19.2. The maximum atomic E-state index is 13.3. The predicted molar refractivity (Wildman–Crippen MR) is 135 cm³/mol. The summed E-state index contributed by atoms with van der Waals surface area (Å²) in [6.45, 7) is 2.33. The molecule has 0 unspecified atom stereocenters. The molecule has 1 heterocycles. The second-order valence-corrected chi connectivity index (χ2v) is 8.63. The normalized spacial score (nSPS) is 15.6. The molecule has 8 heteroatoms. The minimum atomic E-state index is -0.384. The Morgan fingerprint density at radius 1 is 1.09 bits per heavy atom. The zero-order chi connectivity index (χ0) is 24.8. The molecule has 0 radical (unpaired) electrons. The van der Waals surface area contributed by atoms with E-state index in [1.54, 1.807) is 68.6 Å². The number of rotatable bonds is 7. The summed E-state index contributed by atoms with van der Waals surface area (Å²) in [5, 5.41) is 0.542. The number of carbonyl (C=O) groups is 2. The number of amidine groups is 1. The second kappa shape index (κ2) is 11.0. The van der Waals surface area contributed by atoms with E-state index in [0.29, 0.717) is 33.7 Å². The van der Waals surface area contributed by atoms with Crippen LogP contribution in [0, 0.1) is 5.82 Å². The number of carbonyl (C=O) groups excluding carboxylic acids is 2. The molecule has 1 fully saturated rings. The van der Waals surface area contributed by atoms with Crippen molar-refractivity contribution in [3.8, 4) is 5.75 Å². The van der Waals surface area contributed by atoms with Gasteiger partial charge in [-0.3, -0.25) is 9.69 Å². The molecule has 4 rings (SSSR count). The van der Waals surface area contributed by atoms with Crippen LogP contribution in [0.2, 0.25) is 0 Å². The number of halogens is 1. The van der Waals surface area contributed by atoms with E-state index in [4.69, 9.17) is 9.47 Å². The van der Waals surface area contributed by atoms with E-state index in [2.05, 4.69) is 4.99 Å². The Labute approximate surface area is 207 Å². The predicted octanol–water partition coefficient (Wildman–Crippen LogP) is 5.82. The molecule has 0 N–H and O–H groups in total. The first-order valence-corrected chi connectivity index (χ1v) is 11.8. The molecule has 3 aromatic rings. The molecule has 6 nitrogen and oxygen atoms in total. The van der Waals surface area contributed by atoms with Crippen LogP contribution in [0.5, 0.6) is 5.75 Å². The Hall–Kier alpha value is -3.91. The van der Waals surface area contributed by atoms with Crippen LogP contribution >= 0.6 is 11.8 Å². The Balaban J connectivity index is 1.42. The van der Waals surface area contributed by atoms with Gasteiger partial charge in [-0.25, -0.2) is 14.2 Å². The van der Waals surface area contributed by atoms with Crippen LogP contribution in [0.25, 0.3) is 6.08 Å². The van der Waals surface area contributed by atoms with Gasteiger partial charge < -0.3 is 9.47 Å². The fraction of sp³-hybridized carbons (Fsp3) is 0.148. The quantitative estimate of drug-likeness (QED) is 0.309. The standard InChI is InChI=1S/C27H23FN2O4S/c1-3-33-26(32)20-9-11-22(12-10-20)29-27-30(2)25(31)24(35-27)16-18-7-13-23(14-8-18)34-17-19-5-4-6-21(28)15-19/h4-16H,3,17H2,1-2H3/b24-16-,29-27?. The van der Waals surface area contributed by atoms with Gasteiger partial charge in [0.05, 0.1) is 22.8 Å². The lowest BCUT2D eigenvalue weighted by molar-refractivity contribution is -0.121. The number of hydrogen-bond donors (Lipinski definition) is 0. The highest BCUT2D eigenvalue weighted by Crippen LogP contribution is 2.33. The molecule has 1 saturated heterocycles. The molecule has 3 aromatic carbocycles. The van der Waals surface area contributed by atoms with Gasteiger partial charge in [-0.05, 0) is 84.4 Å².